The average Bonchev–Trinajstić information content (AvgIpc) is 3.29. The molecule has 0 unspecified atom stereocenters. The van der Waals surface area contributed by atoms with E-state index in [4.69, 9.17) is 0 Å². The summed E-state index contributed by atoms with van der Waals surface area (Å²) in [6.07, 6.45) is 3.26. The molecule has 1 aliphatic heterocycles. The highest BCUT2D eigenvalue weighted by atomic mass is 16.2. The van der Waals surface area contributed by atoms with Gasteiger partial charge in [0.1, 0.15) is 5.69 Å². The predicted molar refractivity (Wildman–Crippen MR) is 115 cm³/mol. The van der Waals surface area contributed by atoms with Crippen LogP contribution in [0.2, 0.25) is 0 Å². The lowest BCUT2D eigenvalue weighted by molar-refractivity contribution is 0.0656. The molecule has 5 rings (SSSR count). The lowest BCUT2D eigenvalue weighted by Gasteiger charge is -2.34. The van der Waals surface area contributed by atoms with Crippen molar-refractivity contribution >= 4 is 16.8 Å². The highest BCUT2D eigenvalue weighted by Crippen LogP contribution is 2.38. The Morgan fingerprint density at radius 1 is 1.28 bits per heavy atom. The molecule has 6 heteroatoms. The Morgan fingerprint density at radius 2 is 2.14 bits per heavy atom. The van der Waals surface area contributed by atoms with Crippen LogP contribution >= 0.6 is 0 Å². The van der Waals surface area contributed by atoms with Crippen LogP contribution in [0.15, 0.2) is 24.3 Å². The van der Waals surface area contributed by atoms with Crippen molar-refractivity contribution in [3.8, 4) is 11.4 Å². The Balaban J connectivity index is 1.46. The number of benzene rings is 1. The number of rotatable bonds is 2. The third kappa shape index (κ3) is 3.25. The third-order valence-corrected chi connectivity index (χ3v) is 6.55. The number of fused-ring (bicyclic) bond motifs is 2. The van der Waals surface area contributed by atoms with Crippen LogP contribution < -0.4 is 5.32 Å². The van der Waals surface area contributed by atoms with Gasteiger partial charge in [0, 0.05) is 53.4 Å². The smallest absolute Gasteiger partial charge is 0.254 e. The minimum absolute atomic E-state index is 0.108. The molecule has 0 spiro atoms. The molecule has 2 aromatic heterocycles. The summed E-state index contributed by atoms with van der Waals surface area (Å²) >= 11 is 0. The lowest BCUT2D eigenvalue weighted by Crippen LogP contribution is -2.52. The van der Waals surface area contributed by atoms with Crippen molar-refractivity contribution in [1.82, 2.24) is 25.4 Å². The molecule has 0 saturated carbocycles. The summed E-state index contributed by atoms with van der Waals surface area (Å²) in [5.41, 5.74) is 6.70. The highest BCUT2D eigenvalue weighted by molar-refractivity contribution is 5.99. The molecule has 1 amide bonds. The second-order valence-electron chi connectivity index (χ2n) is 9.41. The fourth-order valence-corrected chi connectivity index (χ4v) is 4.77. The number of piperazine rings is 1. The zero-order valence-corrected chi connectivity index (χ0v) is 17.4. The molecule has 29 heavy (non-hydrogen) atoms. The molecule has 1 atom stereocenters. The van der Waals surface area contributed by atoms with E-state index < -0.39 is 0 Å². The largest absolute Gasteiger partial charge is 0.353 e. The number of hydrogen-bond acceptors (Lipinski definition) is 3. The molecule has 1 saturated heterocycles. The van der Waals surface area contributed by atoms with E-state index in [1.54, 1.807) is 0 Å². The van der Waals surface area contributed by atoms with E-state index in [9.17, 15) is 4.79 Å². The zero-order chi connectivity index (χ0) is 20.2. The second kappa shape index (κ2) is 6.73. The number of amides is 1. The van der Waals surface area contributed by atoms with Gasteiger partial charge in [-0.1, -0.05) is 19.9 Å². The van der Waals surface area contributed by atoms with Gasteiger partial charge in [0.25, 0.3) is 5.91 Å². The lowest BCUT2D eigenvalue weighted by atomic mass is 9.76. The van der Waals surface area contributed by atoms with Crippen molar-refractivity contribution in [3.05, 3.63) is 41.1 Å². The summed E-state index contributed by atoms with van der Waals surface area (Å²) in [7, 11) is 0. The Morgan fingerprint density at radius 3 is 2.97 bits per heavy atom. The zero-order valence-electron chi connectivity index (χ0n) is 17.4. The molecule has 3 heterocycles. The third-order valence-electron chi connectivity index (χ3n) is 6.55. The summed E-state index contributed by atoms with van der Waals surface area (Å²) in [6, 6.07) is 8.33. The molecular weight excluding hydrogens is 362 g/mol. The maximum atomic E-state index is 13.0. The van der Waals surface area contributed by atoms with Gasteiger partial charge in [-0.15, -0.1) is 0 Å². The fourth-order valence-electron chi connectivity index (χ4n) is 4.77. The fraction of sp³-hybridized carbons (Fsp3) is 0.478. The summed E-state index contributed by atoms with van der Waals surface area (Å²) < 4.78 is 0. The van der Waals surface area contributed by atoms with Crippen molar-refractivity contribution in [2.24, 2.45) is 5.41 Å². The first-order chi connectivity index (χ1) is 13.9. The van der Waals surface area contributed by atoms with Crippen molar-refractivity contribution < 1.29 is 4.79 Å². The van der Waals surface area contributed by atoms with Crippen molar-refractivity contribution in [2.75, 3.05) is 19.6 Å². The number of nitrogens with zero attached hydrogens (tertiary/aromatic N) is 2. The molecule has 0 bridgehead atoms. The van der Waals surface area contributed by atoms with E-state index in [0.717, 1.165) is 60.3 Å². The Bertz CT molecular complexity index is 1080. The maximum absolute atomic E-state index is 13.0. The van der Waals surface area contributed by atoms with Gasteiger partial charge in [0.05, 0.1) is 5.69 Å². The van der Waals surface area contributed by atoms with Gasteiger partial charge >= 0.3 is 0 Å². The minimum Gasteiger partial charge on any atom is -0.353 e. The van der Waals surface area contributed by atoms with Crippen LogP contribution in [0.4, 0.5) is 0 Å². The van der Waals surface area contributed by atoms with E-state index in [1.807, 2.05) is 23.1 Å². The van der Waals surface area contributed by atoms with E-state index in [1.165, 1.54) is 17.7 Å². The van der Waals surface area contributed by atoms with E-state index in [-0.39, 0.29) is 11.9 Å². The second-order valence-corrected chi connectivity index (χ2v) is 9.41. The first-order valence-electron chi connectivity index (χ1n) is 10.6. The van der Waals surface area contributed by atoms with Crippen LogP contribution in [0.5, 0.6) is 0 Å². The Hall–Kier alpha value is -2.60. The van der Waals surface area contributed by atoms with Crippen LogP contribution in [-0.2, 0) is 12.8 Å². The standard InChI is InChI=1S/C23H29N5O/c1-14-13-24-8-9-28(14)22(29)16-5-4-15-10-19(25-18(15)11-16)21-17-6-7-23(2,3)12-20(17)26-27-21/h4-5,10-11,14,24-25H,6-9,12-13H2,1-3H3,(H,26,27)/t14-/m1/s1. The average molecular weight is 392 g/mol. The number of H-pyrrole nitrogens is 2. The molecule has 3 aromatic rings. The van der Waals surface area contributed by atoms with E-state index in [0.29, 0.717) is 5.41 Å². The Kier molecular flexibility index (Phi) is 4.28. The van der Waals surface area contributed by atoms with Gasteiger partial charge in [-0.2, -0.15) is 5.10 Å². The molecule has 1 aliphatic carbocycles. The quantitative estimate of drug-likeness (QED) is 0.626. The SMILES string of the molecule is C[C@@H]1CNCCN1C(=O)c1ccc2cc(-c3n[nH]c4c3CCC(C)(C)C4)[nH]c2c1. The van der Waals surface area contributed by atoms with Crippen LogP contribution in [0.3, 0.4) is 0 Å². The summed E-state index contributed by atoms with van der Waals surface area (Å²) in [4.78, 5) is 18.5. The van der Waals surface area contributed by atoms with Crippen LogP contribution in [0.1, 0.15) is 48.8 Å². The number of carbonyl (C=O) groups excluding carboxylic acids is 1. The number of aromatic amines is 2. The van der Waals surface area contributed by atoms with Gasteiger partial charge in [-0.25, -0.2) is 0 Å². The number of nitrogens with one attached hydrogen (secondary N) is 3. The number of hydrogen-bond donors (Lipinski definition) is 3. The predicted octanol–water partition coefficient (Wildman–Crippen LogP) is 3.51. The van der Waals surface area contributed by atoms with Gasteiger partial charge < -0.3 is 15.2 Å². The van der Waals surface area contributed by atoms with E-state index in [2.05, 4.69) is 47.3 Å². The van der Waals surface area contributed by atoms with Crippen LogP contribution in [0, 0.1) is 5.41 Å². The molecule has 6 nitrogen and oxygen atoms in total. The van der Waals surface area contributed by atoms with Crippen molar-refractivity contribution in [2.45, 2.75) is 46.1 Å². The van der Waals surface area contributed by atoms with Gasteiger partial charge in [0.2, 0.25) is 0 Å². The summed E-state index contributed by atoms with van der Waals surface area (Å²) in [5, 5.41) is 12.3. The minimum atomic E-state index is 0.108. The molecular formula is C23H29N5O. The van der Waals surface area contributed by atoms with Crippen molar-refractivity contribution in [1.29, 1.82) is 0 Å². The van der Waals surface area contributed by atoms with Crippen LogP contribution in [0.25, 0.3) is 22.3 Å². The number of carbonyl (C=O) groups is 1. The first kappa shape index (κ1) is 18.4. The summed E-state index contributed by atoms with van der Waals surface area (Å²) in [5.74, 6) is 0.108. The maximum Gasteiger partial charge on any atom is 0.254 e. The molecule has 2 aliphatic rings. The van der Waals surface area contributed by atoms with E-state index >= 15 is 0 Å². The normalized spacial score (nSPS) is 21.3. The molecule has 0 radical (unpaired) electrons. The van der Waals surface area contributed by atoms with Gasteiger partial charge in [-0.05, 0) is 49.8 Å². The van der Waals surface area contributed by atoms with Crippen molar-refractivity contribution in [3.63, 3.8) is 0 Å². The topological polar surface area (TPSA) is 76.8 Å². The highest BCUT2D eigenvalue weighted by Gasteiger charge is 2.29. The molecule has 1 fully saturated rings. The summed E-state index contributed by atoms with van der Waals surface area (Å²) in [6.45, 7) is 9.18. The molecule has 3 N–H and O–H groups in total. The Labute approximate surface area is 171 Å². The van der Waals surface area contributed by atoms with Gasteiger partial charge in [-0.3, -0.25) is 9.89 Å². The molecule has 1 aromatic carbocycles. The van der Waals surface area contributed by atoms with Crippen LogP contribution in [-0.4, -0.2) is 51.7 Å². The van der Waals surface area contributed by atoms with Gasteiger partial charge in [0.15, 0.2) is 0 Å². The monoisotopic (exact) mass is 391 g/mol. The number of aromatic nitrogens is 3. The molecule has 152 valence electrons. The first-order valence-corrected chi connectivity index (χ1v) is 10.6.